The van der Waals surface area contributed by atoms with Crippen molar-refractivity contribution in [3.05, 3.63) is 36.2 Å². The molecule has 0 bridgehead atoms. The highest BCUT2D eigenvalue weighted by molar-refractivity contribution is 6.09. The van der Waals surface area contributed by atoms with Crippen molar-refractivity contribution < 1.29 is 4.74 Å². The van der Waals surface area contributed by atoms with Crippen LogP contribution >= 0.6 is 0 Å². The van der Waals surface area contributed by atoms with Crippen LogP contribution in [0.1, 0.15) is 31.4 Å². The number of fused-ring (bicyclic) bond motifs is 3. The normalized spacial score (nSPS) is 16.1. The number of nitrogens with zero attached hydrogens (tertiary/aromatic N) is 2. The summed E-state index contributed by atoms with van der Waals surface area (Å²) in [6.45, 7) is 3.05. The molecule has 0 radical (unpaired) electrons. The molecule has 1 saturated carbocycles. The SMILES string of the molecule is COc1ccc2c3ccnc(C)c3n(CCCC3(N)CC3)c2c1. The number of ether oxygens (including phenoxy) is 1. The molecular weight excluding hydrogens is 286 g/mol. The molecule has 0 amide bonds. The lowest BCUT2D eigenvalue weighted by atomic mass is 10.1. The molecule has 1 aromatic carbocycles. The Morgan fingerprint density at radius 3 is 2.83 bits per heavy atom. The Labute approximate surface area is 136 Å². The van der Waals surface area contributed by atoms with E-state index >= 15 is 0 Å². The van der Waals surface area contributed by atoms with E-state index in [2.05, 4.69) is 34.7 Å². The highest BCUT2D eigenvalue weighted by Gasteiger charge is 2.37. The summed E-state index contributed by atoms with van der Waals surface area (Å²) in [6.07, 6.45) is 6.44. The van der Waals surface area contributed by atoms with Crippen LogP contribution in [0.4, 0.5) is 0 Å². The van der Waals surface area contributed by atoms with E-state index in [-0.39, 0.29) is 5.54 Å². The predicted molar refractivity (Wildman–Crippen MR) is 93.9 cm³/mol. The van der Waals surface area contributed by atoms with E-state index < -0.39 is 0 Å². The monoisotopic (exact) mass is 309 g/mol. The first-order valence-corrected chi connectivity index (χ1v) is 8.32. The van der Waals surface area contributed by atoms with Crippen molar-refractivity contribution in [2.24, 2.45) is 5.73 Å². The van der Waals surface area contributed by atoms with Crippen LogP contribution < -0.4 is 10.5 Å². The number of hydrogen-bond donors (Lipinski definition) is 1. The van der Waals surface area contributed by atoms with Crippen LogP contribution in [0.3, 0.4) is 0 Å². The lowest BCUT2D eigenvalue weighted by molar-refractivity contribution is 0.415. The molecule has 1 aliphatic carbocycles. The molecule has 1 fully saturated rings. The van der Waals surface area contributed by atoms with E-state index in [0.29, 0.717) is 0 Å². The molecule has 0 atom stereocenters. The van der Waals surface area contributed by atoms with Crippen molar-refractivity contribution in [3.8, 4) is 5.75 Å². The molecule has 4 nitrogen and oxygen atoms in total. The average molecular weight is 309 g/mol. The fraction of sp³-hybridized carbons (Fsp3) is 0.421. The Hall–Kier alpha value is -2.07. The third-order valence-corrected chi connectivity index (χ3v) is 5.11. The van der Waals surface area contributed by atoms with Crippen LogP contribution in [-0.4, -0.2) is 22.2 Å². The van der Waals surface area contributed by atoms with Gasteiger partial charge in [0.2, 0.25) is 0 Å². The second-order valence-corrected chi connectivity index (χ2v) is 6.79. The maximum atomic E-state index is 6.25. The first kappa shape index (κ1) is 14.5. The van der Waals surface area contributed by atoms with Gasteiger partial charge in [-0.1, -0.05) is 0 Å². The van der Waals surface area contributed by atoms with E-state index in [1.54, 1.807) is 7.11 Å². The molecule has 23 heavy (non-hydrogen) atoms. The van der Waals surface area contributed by atoms with Crippen LogP contribution in [-0.2, 0) is 6.54 Å². The molecule has 120 valence electrons. The summed E-state index contributed by atoms with van der Waals surface area (Å²) in [4.78, 5) is 4.50. The third kappa shape index (κ3) is 2.47. The second-order valence-electron chi connectivity index (χ2n) is 6.79. The summed E-state index contributed by atoms with van der Waals surface area (Å²) >= 11 is 0. The molecule has 4 rings (SSSR count). The average Bonchev–Trinajstić information content (AvgIpc) is 3.20. The van der Waals surface area contributed by atoms with Crippen LogP contribution in [0.25, 0.3) is 21.8 Å². The van der Waals surface area contributed by atoms with E-state index in [4.69, 9.17) is 10.5 Å². The largest absolute Gasteiger partial charge is 0.497 e. The molecule has 1 aliphatic rings. The minimum Gasteiger partial charge on any atom is -0.497 e. The lowest BCUT2D eigenvalue weighted by Gasteiger charge is -2.12. The molecular formula is C19H23N3O. The van der Waals surface area contributed by atoms with Gasteiger partial charge in [0.1, 0.15) is 5.75 Å². The Morgan fingerprint density at radius 2 is 2.09 bits per heavy atom. The van der Waals surface area contributed by atoms with Gasteiger partial charge in [-0.15, -0.1) is 0 Å². The van der Waals surface area contributed by atoms with E-state index in [1.165, 1.54) is 34.6 Å². The molecule has 2 N–H and O–H groups in total. The number of rotatable bonds is 5. The first-order valence-electron chi connectivity index (χ1n) is 8.32. The number of aryl methyl sites for hydroxylation is 2. The maximum Gasteiger partial charge on any atom is 0.120 e. The zero-order valence-electron chi connectivity index (χ0n) is 13.8. The van der Waals surface area contributed by atoms with Gasteiger partial charge in [-0.25, -0.2) is 0 Å². The minimum atomic E-state index is 0.115. The number of pyridine rings is 1. The van der Waals surface area contributed by atoms with Crippen molar-refractivity contribution in [1.29, 1.82) is 0 Å². The van der Waals surface area contributed by atoms with Gasteiger partial charge < -0.3 is 15.0 Å². The summed E-state index contributed by atoms with van der Waals surface area (Å²) < 4.78 is 7.81. The van der Waals surface area contributed by atoms with E-state index in [9.17, 15) is 0 Å². The van der Waals surface area contributed by atoms with Gasteiger partial charge in [0, 0.05) is 35.1 Å². The second kappa shape index (κ2) is 5.24. The number of hydrogen-bond acceptors (Lipinski definition) is 3. The highest BCUT2D eigenvalue weighted by Crippen LogP contribution is 2.38. The Bertz CT molecular complexity index is 877. The molecule has 2 heterocycles. The number of benzene rings is 1. The zero-order valence-corrected chi connectivity index (χ0v) is 13.8. The summed E-state index contributed by atoms with van der Waals surface area (Å²) in [5, 5.41) is 2.53. The molecule has 0 aliphatic heterocycles. The quantitative estimate of drug-likeness (QED) is 0.780. The smallest absolute Gasteiger partial charge is 0.120 e. The number of aromatic nitrogens is 2. The Balaban J connectivity index is 1.82. The Morgan fingerprint density at radius 1 is 1.26 bits per heavy atom. The molecule has 0 saturated heterocycles. The standard InChI is InChI=1S/C19H23N3O/c1-13-18-16(6-10-21-13)15-5-4-14(23-2)12-17(15)22(18)11-3-7-19(20)8-9-19/h4-6,10,12H,3,7-9,11,20H2,1-2H3. The molecule has 0 spiro atoms. The van der Waals surface area contributed by atoms with Crippen LogP contribution in [0, 0.1) is 6.92 Å². The van der Waals surface area contributed by atoms with Crippen LogP contribution in [0.2, 0.25) is 0 Å². The van der Waals surface area contributed by atoms with Gasteiger partial charge in [0.25, 0.3) is 0 Å². The summed E-state index contributed by atoms with van der Waals surface area (Å²) in [5.41, 5.74) is 9.89. The summed E-state index contributed by atoms with van der Waals surface area (Å²) in [6, 6.07) is 8.42. The molecule has 4 heteroatoms. The topological polar surface area (TPSA) is 53.1 Å². The van der Waals surface area contributed by atoms with Gasteiger partial charge in [-0.3, -0.25) is 4.98 Å². The van der Waals surface area contributed by atoms with Crippen LogP contribution in [0.15, 0.2) is 30.5 Å². The van der Waals surface area contributed by atoms with Gasteiger partial charge in [0.05, 0.1) is 23.8 Å². The third-order valence-electron chi connectivity index (χ3n) is 5.11. The van der Waals surface area contributed by atoms with Crippen molar-refractivity contribution in [2.75, 3.05) is 7.11 Å². The van der Waals surface area contributed by atoms with E-state index in [1.807, 2.05) is 12.3 Å². The van der Waals surface area contributed by atoms with Crippen molar-refractivity contribution in [1.82, 2.24) is 9.55 Å². The summed E-state index contributed by atoms with van der Waals surface area (Å²) in [7, 11) is 1.71. The maximum absolute atomic E-state index is 6.25. The van der Waals surface area contributed by atoms with Gasteiger partial charge in [0.15, 0.2) is 0 Å². The minimum absolute atomic E-state index is 0.115. The van der Waals surface area contributed by atoms with Crippen molar-refractivity contribution >= 4 is 21.8 Å². The van der Waals surface area contributed by atoms with E-state index in [0.717, 1.165) is 30.8 Å². The van der Waals surface area contributed by atoms with Gasteiger partial charge in [-0.2, -0.15) is 0 Å². The van der Waals surface area contributed by atoms with Crippen molar-refractivity contribution in [3.63, 3.8) is 0 Å². The van der Waals surface area contributed by atoms with Gasteiger partial charge >= 0.3 is 0 Å². The number of methoxy groups -OCH3 is 1. The molecule has 3 aromatic rings. The van der Waals surface area contributed by atoms with Crippen molar-refractivity contribution in [2.45, 2.75) is 44.7 Å². The fourth-order valence-electron chi connectivity index (χ4n) is 3.56. The highest BCUT2D eigenvalue weighted by atomic mass is 16.5. The fourth-order valence-corrected chi connectivity index (χ4v) is 3.56. The lowest BCUT2D eigenvalue weighted by Crippen LogP contribution is -2.21. The molecule has 2 aromatic heterocycles. The zero-order chi connectivity index (χ0) is 16.0. The van der Waals surface area contributed by atoms with Gasteiger partial charge in [-0.05, 0) is 50.8 Å². The predicted octanol–water partition coefficient (Wildman–Crippen LogP) is 3.78. The first-order chi connectivity index (χ1) is 11.1. The number of nitrogens with two attached hydrogens (primary N) is 1. The molecule has 0 unspecified atom stereocenters. The summed E-state index contributed by atoms with van der Waals surface area (Å²) in [5.74, 6) is 0.893. The Kier molecular flexibility index (Phi) is 3.31. The van der Waals surface area contributed by atoms with Crippen LogP contribution in [0.5, 0.6) is 5.75 Å².